The summed E-state index contributed by atoms with van der Waals surface area (Å²) < 4.78 is 10.1. The zero-order chi connectivity index (χ0) is 18.8. The molecule has 0 radical (unpaired) electrons. The molecule has 1 atom stereocenters. The lowest BCUT2D eigenvalue weighted by atomic mass is 10.0. The summed E-state index contributed by atoms with van der Waals surface area (Å²) in [4.78, 5) is 22.2. The molecule has 25 heavy (non-hydrogen) atoms. The number of rotatable bonds is 17. The molecule has 0 saturated heterocycles. The average Bonchev–Trinajstić information content (AvgIpc) is 2.58. The Morgan fingerprint density at radius 2 is 1.24 bits per heavy atom. The second kappa shape index (κ2) is 17.8. The maximum Gasteiger partial charge on any atom is 0.305 e. The molecular formula is C21H40O4. The lowest BCUT2D eigenvalue weighted by Gasteiger charge is -2.16. The smallest absolute Gasteiger partial charge is 0.305 e. The molecule has 0 spiro atoms. The summed E-state index contributed by atoms with van der Waals surface area (Å²) in [5.74, 6) is -0.240. The largest absolute Gasteiger partial charge is 0.469 e. The van der Waals surface area contributed by atoms with Gasteiger partial charge in [-0.15, -0.1) is 0 Å². The highest BCUT2D eigenvalue weighted by atomic mass is 16.5. The second-order valence-corrected chi connectivity index (χ2v) is 7.02. The average molecular weight is 357 g/mol. The Morgan fingerprint density at radius 3 is 1.72 bits per heavy atom. The van der Waals surface area contributed by atoms with Crippen molar-refractivity contribution in [3.63, 3.8) is 0 Å². The maximum atomic E-state index is 11.2. The van der Waals surface area contributed by atoms with Gasteiger partial charge in [-0.3, -0.25) is 9.59 Å². The molecule has 1 unspecified atom stereocenters. The SMILES string of the molecule is CCCCCC(CCCCCCCCCCCC(=O)OC)OC(C)=O. The third-order valence-electron chi connectivity index (χ3n) is 4.60. The van der Waals surface area contributed by atoms with E-state index >= 15 is 0 Å². The zero-order valence-corrected chi connectivity index (χ0v) is 16.8. The van der Waals surface area contributed by atoms with Crippen molar-refractivity contribution in [2.24, 2.45) is 0 Å². The maximum absolute atomic E-state index is 11.2. The van der Waals surface area contributed by atoms with E-state index in [1.807, 2.05) is 0 Å². The van der Waals surface area contributed by atoms with Crippen molar-refractivity contribution >= 4 is 11.9 Å². The molecule has 0 aromatic rings. The van der Waals surface area contributed by atoms with Crippen LogP contribution in [0.5, 0.6) is 0 Å². The Labute approximate surface area is 155 Å². The van der Waals surface area contributed by atoms with E-state index in [1.165, 1.54) is 65.4 Å². The summed E-state index contributed by atoms with van der Waals surface area (Å²) in [6.45, 7) is 3.71. The van der Waals surface area contributed by atoms with Crippen LogP contribution in [-0.2, 0) is 19.1 Å². The van der Waals surface area contributed by atoms with Crippen molar-refractivity contribution in [2.75, 3.05) is 7.11 Å². The molecule has 0 aliphatic carbocycles. The Bertz CT molecular complexity index is 328. The van der Waals surface area contributed by atoms with Crippen LogP contribution in [0.1, 0.15) is 110 Å². The lowest BCUT2D eigenvalue weighted by molar-refractivity contribution is -0.147. The number of carbonyl (C=O) groups is 2. The quantitative estimate of drug-likeness (QED) is 0.238. The van der Waals surface area contributed by atoms with Crippen molar-refractivity contribution in [1.29, 1.82) is 0 Å². The van der Waals surface area contributed by atoms with Gasteiger partial charge in [0, 0.05) is 13.3 Å². The molecule has 4 nitrogen and oxygen atoms in total. The van der Waals surface area contributed by atoms with Crippen molar-refractivity contribution in [3.05, 3.63) is 0 Å². The molecule has 0 fully saturated rings. The van der Waals surface area contributed by atoms with Crippen LogP contribution in [0.4, 0.5) is 0 Å². The van der Waals surface area contributed by atoms with Crippen LogP contribution in [0, 0.1) is 0 Å². The van der Waals surface area contributed by atoms with Gasteiger partial charge >= 0.3 is 11.9 Å². The van der Waals surface area contributed by atoms with Gasteiger partial charge in [0.1, 0.15) is 6.10 Å². The van der Waals surface area contributed by atoms with Crippen molar-refractivity contribution < 1.29 is 19.1 Å². The van der Waals surface area contributed by atoms with E-state index in [4.69, 9.17) is 4.74 Å². The summed E-state index contributed by atoms with van der Waals surface area (Å²) >= 11 is 0. The number of carbonyl (C=O) groups excluding carboxylic acids is 2. The Kier molecular flexibility index (Phi) is 17.0. The van der Waals surface area contributed by atoms with E-state index in [-0.39, 0.29) is 18.0 Å². The van der Waals surface area contributed by atoms with Crippen LogP contribution >= 0.6 is 0 Å². The first-order valence-corrected chi connectivity index (χ1v) is 10.3. The summed E-state index contributed by atoms with van der Waals surface area (Å²) in [5, 5.41) is 0. The van der Waals surface area contributed by atoms with E-state index in [2.05, 4.69) is 11.7 Å². The molecule has 0 aromatic carbocycles. The van der Waals surface area contributed by atoms with Gasteiger partial charge in [0.05, 0.1) is 7.11 Å². The molecule has 0 amide bonds. The van der Waals surface area contributed by atoms with Crippen LogP contribution in [0.2, 0.25) is 0 Å². The first-order chi connectivity index (χ1) is 12.1. The number of hydrogen-bond acceptors (Lipinski definition) is 4. The van der Waals surface area contributed by atoms with E-state index < -0.39 is 0 Å². The minimum Gasteiger partial charge on any atom is -0.469 e. The van der Waals surface area contributed by atoms with Crippen molar-refractivity contribution in [1.82, 2.24) is 0 Å². The topological polar surface area (TPSA) is 52.6 Å². The van der Waals surface area contributed by atoms with Gasteiger partial charge in [0.25, 0.3) is 0 Å². The molecule has 0 aromatic heterocycles. The number of ether oxygens (including phenoxy) is 2. The Balaban J connectivity index is 3.46. The molecule has 0 aliphatic rings. The summed E-state index contributed by atoms with van der Waals surface area (Å²) in [7, 11) is 1.45. The molecule has 0 N–H and O–H groups in total. The third kappa shape index (κ3) is 17.6. The minimum absolute atomic E-state index is 0.0956. The van der Waals surface area contributed by atoms with Gasteiger partial charge < -0.3 is 9.47 Å². The van der Waals surface area contributed by atoms with E-state index in [1.54, 1.807) is 0 Å². The second-order valence-electron chi connectivity index (χ2n) is 7.02. The number of unbranched alkanes of at least 4 members (excludes halogenated alkanes) is 10. The first kappa shape index (κ1) is 23.9. The Hall–Kier alpha value is -1.06. The zero-order valence-electron chi connectivity index (χ0n) is 16.8. The summed E-state index contributed by atoms with van der Waals surface area (Å²) in [5.41, 5.74) is 0. The minimum atomic E-state index is -0.145. The van der Waals surface area contributed by atoms with E-state index in [9.17, 15) is 9.59 Å². The molecule has 4 heteroatoms. The highest BCUT2D eigenvalue weighted by Gasteiger charge is 2.11. The van der Waals surface area contributed by atoms with Gasteiger partial charge in [0.15, 0.2) is 0 Å². The first-order valence-electron chi connectivity index (χ1n) is 10.3. The summed E-state index contributed by atoms with van der Waals surface area (Å²) in [6, 6.07) is 0. The van der Waals surface area contributed by atoms with Crippen LogP contribution in [0.25, 0.3) is 0 Å². The fraction of sp³-hybridized carbons (Fsp3) is 0.905. The number of methoxy groups -OCH3 is 1. The predicted molar refractivity (Wildman–Crippen MR) is 102 cm³/mol. The van der Waals surface area contributed by atoms with Crippen LogP contribution in [0.3, 0.4) is 0 Å². The van der Waals surface area contributed by atoms with E-state index in [0.29, 0.717) is 6.42 Å². The lowest BCUT2D eigenvalue weighted by Crippen LogP contribution is -2.16. The van der Waals surface area contributed by atoms with Crippen LogP contribution in [-0.4, -0.2) is 25.2 Å². The Morgan fingerprint density at radius 1 is 0.760 bits per heavy atom. The molecule has 0 heterocycles. The van der Waals surface area contributed by atoms with Crippen LogP contribution < -0.4 is 0 Å². The van der Waals surface area contributed by atoms with Gasteiger partial charge in [-0.25, -0.2) is 0 Å². The van der Waals surface area contributed by atoms with Crippen molar-refractivity contribution in [2.45, 2.75) is 116 Å². The highest BCUT2D eigenvalue weighted by molar-refractivity contribution is 5.68. The predicted octanol–water partition coefficient (Wildman–Crippen LogP) is 5.96. The van der Waals surface area contributed by atoms with Gasteiger partial charge in [-0.2, -0.15) is 0 Å². The molecule has 0 bridgehead atoms. The van der Waals surface area contributed by atoms with E-state index in [0.717, 1.165) is 38.5 Å². The van der Waals surface area contributed by atoms with Crippen LogP contribution in [0.15, 0.2) is 0 Å². The third-order valence-corrected chi connectivity index (χ3v) is 4.60. The fourth-order valence-corrected chi connectivity index (χ4v) is 3.10. The van der Waals surface area contributed by atoms with Gasteiger partial charge in [-0.1, -0.05) is 64.7 Å². The molecule has 148 valence electrons. The van der Waals surface area contributed by atoms with Crippen molar-refractivity contribution in [3.8, 4) is 0 Å². The monoisotopic (exact) mass is 356 g/mol. The fourth-order valence-electron chi connectivity index (χ4n) is 3.10. The molecule has 0 aliphatic heterocycles. The molecule has 0 rings (SSSR count). The standard InChI is InChI=1S/C21H40O4/c1-4-5-13-16-20(25-19(2)22)17-14-11-9-7-6-8-10-12-15-18-21(23)24-3/h20H,4-18H2,1-3H3. The normalized spacial score (nSPS) is 12.0. The summed E-state index contributed by atoms with van der Waals surface area (Å²) in [6.07, 6.45) is 17.0. The highest BCUT2D eigenvalue weighted by Crippen LogP contribution is 2.16. The van der Waals surface area contributed by atoms with Gasteiger partial charge in [-0.05, 0) is 32.1 Å². The molecule has 0 saturated carbocycles. The molecular weight excluding hydrogens is 316 g/mol. The number of esters is 2. The number of hydrogen-bond donors (Lipinski definition) is 0. The van der Waals surface area contributed by atoms with Gasteiger partial charge in [0.2, 0.25) is 0 Å².